The molecule has 5 rings (SSSR count). The average molecular weight is 386 g/mol. The molecule has 29 heavy (non-hydrogen) atoms. The molecule has 3 aromatic rings. The molecule has 1 saturated heterocycles. The third-order valence-corrected chi connectivity index (χ3v) is 6.58. The minimum absolute atomic E-state index is 0.297. The van der Waals surface area contributed by atoms with Crippen LogP contribution in [-0.4, -0.2) is 31.6 Å². The van der Waals surface area contributed by atoms with Gasteiger partial charge in [0.15, 0.2) is 5.60 Å². The maximum Gasteiger partial charge on any atom is 0.168 e. The number of nitrogens with zero attached hydrogens (tertiary/aromatic N) is 1. The Morgan fingerprint density at radius 1 is 1.10 bits per heavy atom. The second-order valence-corrected chi connectivity index (χ2v) is 8.25. The number of rotatable bonds is 3. The predicted molar refractivity (Wildman–Crippen MR) is 119 cm³/mol. The summed E-state index contributed by atoms with van der Waals surface area (Å²) in [6.45, 7) is 3.26. The Hall–Kier alpha value is -2.78. The summed E-state index contributed by atoms with van der Waals surface area (Å²) in [7, 11) is 3.93. The topological polar surface area (TPSA) is 21.7 Å². The summed E-state index contributed by atoms with van der Waals surface area (Å²) < 4.78 is 12.4. The zero-order valence-corrected chi connectivity index (χ0v) is 17.3. The molecule has 2 aliphatic heterocycles. The van der Waals surface area contributed by atoms with Crippen LogP contribution in [0, 0.1) is 6.92 Å². The molecule has 2 unspecified atom stereocenters. The first-order chi connectivity index (χ1) is 14.1. The van der Waals surface area contributed by atoms with Crippen LogP contribution in [0.1, 0.15) is 29.5 Å². The molecular formula is C26H27NO2. The lowest BCUT2D eigenvalue weighted by molar-refractivity contribution is 0.0334. The molecule has 0 saturated carbocycles. The molecule has 0 spiro atoms. The van der Waals surface area contributed by atoms with E-state index in [1.54, 1.807) is 7.11 Å². The Labute approximate surface area is 172 Å². The van der Waals surface area contributed by atoms with Crippen molar-refractivity contribution in [3.05, 3.63) is 77.4 Å². The minimum atomic E-state index is -0.503. The highest BCUT2D eigenvalue weighted by Gasteiger charge is 2.47. The van der Waals surface area contributed by atoms with E-state index < -0.39 is 5.60 Å². The van der Waals surface area contributed by atoms with Crippen LogP contribution in [0.3, 0.4) is 0 Å². The van der Waals surface area contributed by atoms with Crippen molar-refractivity contribution in [2.75, 3.05) is 20.7 Å². The van der Waals surface area contributed by atoms with E-state index in [-0.39, 0.29) is 0 Å². The van der Waals surface area contributed by atoms with Crippen molar-refractivity contribution in [2.45, 2.75) is 31.4 Å². The lowest BCUT2D eigenvalue weighted by atomic mass is 9.80. The molecule has 3 aromatic carbocycles. The predicted octanol–water partition coefficient (Wildman–Crippen LogP) is 5.55. The Bertz CT molecular complexity index is 1100. The molecule has 0 radical (unpaired) electrons. The lowest BCUT2D eigenvalue weighted by Crippen LogP contribution is -2.50. The summed E-state index contributed by atoms with van der Waals surface area (Å²) in [5.74, 6) is 1.84. The molecule has 2 aliphatic rings. The zero-order chi connectivity index (χ0) is 20.0. The van der Waals surface area contributed by atoms with Crippen LogP contribution in [0.15, 0.2) is 60.7 Å². The van der Waals surface area contributed by atoms with E-state index in [9.17, 15) is 0 Å². The van der Waals surface area contributed by atoms with Gasteiger partial charge in [-0.15, -0.1) is 0 Å². The van der Waals surface area contributed by atoms with Gasteiger partial charge in [-0.25, -0.2) is 0 Å². The highest BCUT2D eigenvalue weighted by atomic mass is 16.5. The van der Waals surface area contributed by atoms with Gasteiger partial charge in [-0.2, -0.15) is 0 Å². The molecule has 0 aromatic heterocycles. The number of aryl methyl sites for hydroxylation is 1. The van der Waals surface area contributed by atoms with E-state index in [2.05, 4.69) is 79.6 Å². The van der Waals surface area contributed by atoms with Crippen LogP contribution in [0.25, 0.3) is 16.8 Å². The average Bonchev–Trinajstić information content (AvgIpc) is 3.19. The number of likely N-dealkylation sites (N-methyl/N-ethyl adjacent to an activating group) is 1. The van der Waals surface area contributed by atoms with E-state index >= 15 is 0 Å². The molecule has 0 N–H and O–H groups in total. The van der Waals surface area contributed by atoms with E-state index in [1.165, 1.54) is 33.9 Å². The number of fused-ring (bicyclic) bond motifs is 3. The van der Waals surface area contributed by atoms with E-state index in [0.717, 1.165) is 24.5 Å². The zero-order valence-electron chi connectivity index (χ0n) is 17.3. The molecule has 2 atom stereocenters. The summed E-state index contributed by atoms with van der Waals surface area (Å²) in [4.78, 5) is 2.44. The summed E-state index contributed by atoms with van der Waals surface area (Å²) in [6, 6.07) is 19.4. The largest absolute Gasteiger partial charge is 0.497 e. The van der Waals surface area contributed by atoms with Gasteiger partial charge in [0, 0.05) is 11.1 Å². The Morgan fingerprint density at radius 2 is 1.97 bits per heavy atom. The molecule has 0 aliphatic carbocycles. The number of ether oxygens (including phenoxy) is 2. The molecule has 3 nitrogen and oxygen atoms in total. The van der Waals surface area contributed by atoms with Gasteiger partial charge in [-0.1, -0.05) is 42.5 Å². The Kier molecular flexibility index (Phi) is 4.36. The second kappa shape index (κ2) is 6.93. The third kappa shape index (κ3) is 2.84. The van der Waals surface area contributed by atoms with Crippen LogP contribution in [-0.2, 0) is 5.60 Å². The summed E-state index contributed by atoms with van der Waals surface area (Å²) in [5.41, 5.74) is 3.08. The first-order valence-electron chi connectivity index (χ1n) is 10.4. The van der Waals surface area contributed by atoms with Crippen molar-refractivity contribution in [1.29, 1.82) is 0 Å². The van der Waals surface area contributed by atoms with Gasteiger partial charge >= 0.3 is 0 Å². The highest BCUT2D eigenvalue weighted by Crippen LogP contribution is 2.46. The fraction of sp³-hybridized carbons (Fsp3) is 0.308. The maximum atomic E-state index is 6.95. The van der Waals surface area contributed by atoms with Gasteiger partial charge < -0.3 is 9.47 Å². The van der Waals surface area contributed by atoms with E-state index in [4.69, 9.17) is 9.47 Å². The van der Waals surface area contributed by atoms with Gasteiger partial charge in [0.05, 0.1) is 13.2 Å². The van der Waals surface area contributed by atoms with Crippen molar-refractivity contribution in [2.24, 2.45) is 0 Å². The molecule has 3 heteroatoms. The van der Waals surface area contributed by atoms with Crippen molar-refractivity contribution < 1.29 is 9.47 Å². The van der Waals surface area contributed by atoms with Gasteiger partial charge in [0.25, 0.3) is 0 Å². The molecular weight excluding hydrogens is 358 g/mol. The van der Waals surface area contributed by atoms with Gasteiger partial charge in [-0.3, -0.25) is 4.90 Å². The van der Waals surface area contributed by atoms with Crippen LogP contribution >= 0.6 is 0 Å². The normalized spacial score (nSPS) is 23.8. The molecule has 0 bridgehead atoms. The number of hydrogen-bond donors (Lipinski definition) is 0. The van der Waals surface area contributed by atoms with Crippen molar-refractivity contribution in [3.63, 3.8) is 0 Å². The fourth-order valence-corrected chi connectivity index (χ4v) is 5.12. The second-order valence-electron chi connectivity index (χ2n) is 8.25. The highest BCUT2D eigenvalue weighted by molar-refractivity contribution is 5.93. The molecule has 148 valence electrons. The number of methoxy groups -OCH3 is 1. The minimum Gasteiger partial charge on any atom is -0.497 e. The van der Waals surface area contributed by atoms with Gasteiger partial charge in [0.2, 0.25) is 0 Å². The van der Waals surface area contributed by atoms with Crippen LogP contribution in [0.2, 0.25) is 0 Å². The van der Waals surface area contributed by atoms with Crippen LogP contribution in [0.5, 0.6) is 11.5 Å². The first-order valence-corrected chi connectivity index (χ1v) is 10.4. The molecule has 1 fully saturated rings. The van der Waals surface area contributed by atoms with Crippen molar-refractivity contribution in [1.82, 2.24) is 4.90 Å². The van der Waals surface area contributed by atoms with Crippen LogP contribution < -0.4 is 9.47 Å². The quantitative estimate of drug-likeness (QED) is 0.590. The van der Waals surface area contributed by atoms with Crippen molar-refractivity contribution >= 4 is 16.8 Å². The molecule has 2 heterocycles. The first kappa shape index (κ1) is 18.3. The molecule has 0 amide bonds. The Balaban J connectivity index is 1.69. The van der Waals surface area contributed by atoms with Crippen molar-refractivity contribution in [3.8, 4) is 11.5 Å². The number of hydrogen-bond acceptors (Lipinski definition) is 3. The van der Waals surface area contributed by atoms with Gasteiger partial charge in [0.1, 0.15) is 11.5 Å². The monoisotopic (exact) mass is 385 g/mol. The third-order valence-electron chi connectivity index (χ3n) is 6.58. The van der Waals surface area contributed by atoms with Crippen LogP contribution in [0.4, 0.5) is 0 Å². The number of likely N-dealkylation sites (tertiary alicyclic amines) is 1. The summed E-state index contributed by atoms with van der Waals surface area (Å²) >= 11 is 0. The summed E-state index contributed by atoms with van der Waals surface area (Å²) in [6.07, 6.45) is 6.88. The van der Waals surface area contributed by atoms with E-state index in [0.29, 0.717) is 6.04 Å². The van der Waals surface area contributed by atoms with Gasteiger partial charge in [-0.05, 0) is 74.0 Å². The van der Waals surface area contributed by atoms with E-state index in [1.807, 2.05) is 6.07 Å². The fourth-order valence-electron chi connectivity index (χ4n) is 5.12. The SMILES string of the molecule is COc1ccc(C2(C3CCCN3C)C=Cc3c(ccc4ccccc34)O2)c(C)c1. The Morgan fingerprint density at radius 3 is 2.72 bits per heavy atom. The standard InChI is InChI=1S/C26H27NO2/c1-18-17-20(28-3)11-12-23(18)26(25-9-6-16-27(25)2)15-14-22-21-8-5-4-7-19(21)10-13-24(22)29-26/h4-5,7-8,10-15,17,25H,6,9,16H2,1-3H3. The lowest BCUT2D eigenvalue weighted by Gasteiger charge is -2.43. The maximum absolute atomic E-state index is 6.95. The number of benzene rings is 3. The summed E-state index contributed by atoms with van der Waals surface area (Å²) in [5, 5.41) is 2.48. The smallest absolute Gasteiger partial charge is 0.168 e.